The largest absolute Gasteiger partial charge is 0.463 e. The Morgan fingerprint density at radius 3 is 2.64 bits per heavy atom. The Morgan fingerprint density at radius 2 is 2.27 bits per heavy atom. The first-order chi connectivity index (χ1) is 5.07. The van der Waals surface area contributed by atoms with Crippen LogP contribution >= 0.6 is 15.9 Å². The van der Waals surface area contributed by atoms with Gasteiger partial charge in [-0.15, -0.1) is 0 Å². The van der Waals surface area contributed by atoms with Crippen molar-refractivity contribution in [3.63, 3.8) is 0 Å². The first-order valence-electron chi connectivity index (χ1n) is 3.56. The highest BCUT2D eigenvalue weighted by Crippen LogP contribution is 2.04. The quantitative estimate of drug-likeness (QED) is 0.575. The van der Waals surface area contributed by atoms with Gasteiger partial charge in [-0.1, -0.05) is 22.9 Å². The van der Waals surface area contributed by atoms with E-state index >= 15 is 0 Å². The van der Waals surface area contributed by atoms with Crippen LogP contribution in [-0.4, -0.2) is 28.6 Å². The Bertz CT molecular complexity index is 125. The van der Waals surface area contributed by atoms with Gasteiger partial charge in [0.2, 0.25) is 0 Å². The summed E-state index contributed by atoms with van der Waals surface area (Å²) in [4.78, 5) is 10.9. The van der Waals surface area contributed by atoms with Crippen LogP contribution in [0.5, 0.6) is 0 Å². The molecule has 2 unspecified atom stereocenters. The summed E-state index contributed by atoms with van der Waals surface area (Å²) in [6.07, 6.45) is -0.126. The number of carbonyl (C=O) groups is 1. The van der Waals surface area contributed by atoms with Crippen molar-refractivity contribution in [3.8, 4) is 0 Å². The fraction of sp³-hybridized carbons (Fsp3) is 0.857. The monoisotopic (exact) mass is 224 g/mol. The van der Waals surface area contributed by atoms with Gasteiger partial charge in [-0.05, 0) is 13.3 Å². The maximum Gasteiger partial charge on any atom is 0.334 e. The molecular weight excluding hydrogens is 212 g/mol. The minimum absolute atomic E-state index is 0.185. The fourth-order valence-corrected chi connectivity index (χ4v) is 0.543. The van der Waals surface area contributed by atoms with Gasteiger partial charge < -0.3 is 9.84 Å². The lowest BCUT2D eigenvalue weighted by Crippen LogP contribution is -2.22. The standard InChI is InChI=1S/C7H13BrO3/c1-3-6(8)4-11-7(10)5(2)9/h5-6,9H,3-4H2,1-2H3. The normalized spacial score (nSPS) is 15.6. The number of esters is 1. The van der Waals surface area contributed by atoms with Crippen molar-refractivity contribution >= 4 is 21.9 Å². The Kier molecular flexibility index (Phi) is 5.50. The fourth-order valence-electron chi connectivity index (χ4n) is 0.411. The minimum atomic E-state index is -1.02. The third kappa shape index (κ3) is 5.21. The van der Waals surface area contributed by atoms with Crippen LogP contribution < -0.4 is 0 Å². The second-order valence-corrected chi connectivity index (χ2v) is 3.61. The van der Waals surface area contributed by atoms with Gasteiger partial charge in [0.1, 0.15) is 12.7 Å². The molecule has 0 saturated heterocycles. The topological polar surface area (TPSA) is 46.5 Å². The molecule has 2 atom stereocenters. The molecule has 0 heterocycles. The summed E-state index contributed by atoms with van der Waals surface area (Å²) in [5.74, 6) is -0.567. The number of hydrogen-bond acceptors (Lipinski definition) is 3. The van der Waals surface area contributed by atoms with Crippen molar-refractivity contribution in [1.29, 1.82) is 0 Å². The molecule has 0 aliphatic rings. The summed E-state index contributed by atoms with van der Waals surface area (Å²) in [5.41, 5.74) is 0. The van der Waals surface area contributed by atoms with Gasteiger partial charge in [0, 0.05) is 4.83 Å². The van der Waals surface area contributed by atoms with Crippen molar-refractivity contribution in [1.82, 2.24) is 0 Å². The van der Waals surface area contributed by atoms with Crippen LogP contribution in [0.15, 0.2) is 0 Å². The van der Waals surface area contributed by atoms with Crippen molar-refractivity contribution < 1.29 is 14.6 Å². The molecular formula is C7H13BrO3. The van der Waals surface area contributed by atoms with Crippen molar-refractivity contribution in [3.05, 3.63) is 0 Å². The lowest BCUT2D eigenvalue weighted by molar-refractivity contribution is -0.152. The molecule has 0 bridgehead atoms. The number of halogens is 1. The van der Waals surface area contributed by atoms with Gasteiger partial charge in [-0.25, -0.2) is 4.79 Å². The second kappa shape index (κ2) is 5.55. The van der Waals surface area contributed by atoms with Crippen molar-refractivity contribution in [2.24, 2.45) is 0 Å². The van der Waals surface area contributed by atoms with Gasteiger partial charge in [0.15, 0.2) is 0 Å². The Labute approximate surface area is 74.9 Å². The highest BCUT2D eigenvalue weighted by molar-refractivity contribution is 9.09. The van der Waals surface area contributed by atoms with E-state index in [4.69, 9.17) is 9.84 Å². The van der Waals surface area contributed by atoms with Gasteiger partial charge in [0.05, 0.1) is 0 Å². The number of alkyl halides is 1. The smallest absolute Gasteiger partial charge is 0.334 e. The molecule has 0 aliphatic heterocycles. The highest BCUT2D eigenvalue weighted by atomic mass is 79.9. The molecule has 0 aromatic carbocycles. The van der Waals surface area contributed by atoms with Gasteiger partial charge in [-0.3, -0.25) is 0 Å². The van der Waals surface area contributed by atoms with E-state index in [9.17, 15) is 4.79 Å². The van der Waals surface area contributed by atoms with E-state index in [1.807, 2.05) is 6.92 Å². The second-order valence-electron chi connectivity index (χ2n) is 2.31. The average Bonchev–Trinajstić information content (AvgIpc) is 1.99. The van der Waals surface area contributed by atoms with E-state index in [0.717, 1.165) is 6.42 Å². The van der Waals surface area contributed by atoms with Crippen LogP contribution in [0.1, 0.15) is 20.3 Å². The molecule has 4 heteroatoms. The summed E-state index contributed by atoms with van der Waals surface area (Å²) in [7, 11) is 0. The Morgan fingerprint density at radius 1 is 1.73 bits per heavy atom. The number of aliphatic hydroxyl groups is 1. The van der Waals surface area contributed by atoms with Crippen LogP contribution in [0, 0.1) is 0 Å². The summed E-state index contributed by atoms with van der Waals surface area (Å²) in [5, 5.41) is 8.72. The molecule has 1 N–H and O–H groups in total. The van der Waals surface area contributed by atoms with Crippen molar-refractivity contribution in [2.75, 3.05) is 6.61 Å². The van der Waals surface area contributed by atoms with E-state index in [1.54, 1.807) is 0 Å². The maximum absolute atomic E-state index is 10.7. The average molecular weight is 225 g/mol. The van der Waals surface area contributed by atoms with Gasteiger partial charge in [-0.2, -0.15) is 0 Å². The van der Waals surface area contributed by atoms with Gasteiger partial charge >= 0.3 is 5.97 Å². The van der Waals surface area contributed by atoms with Crippen molar-refractivity contribution in [2.45, 2.75) is 31.2 Å². The molecule has 11 heavy (non-hydrogen) atoms. The third-order valence-corrected chi connectivity index (χ3v) is 2.10. The number of ether oxygens (including phenoxy) is 1. The molecule has 0 aliphatic carbocycles. The van der Waals surface area contributed by atoms with Crippen LogP contribution in [0.3, 0.4) is 0 Å². The Hall–Kier alpha value is -0.0900. The lowest BCUT2D eigenvalue weighted by Gasteiger charge is -2.09. The van der Waals surface area contributed by atoms with E-state index in [1.165, 1.54) is 6.92 Å². The zero-order valence-corrected chi connectivity index (χ0v) is 8.30. The van der Waals surface area contributed by atoms with E-state index in [2.05, 4.69) is 15.9 Å². The highest BCUT2D eigenvalue weighted by Gasteiger charge is 2.11. The van der Waals surface area contributed by atoms with E-state index in [0.29, 0.717) is 6.61 Å². The first-order valence-corrected chi connectivity index (χ1v) is 4.48. The van der Waals surface area contributed by atoms with Crippen LogP contribution in [0.4, 0.5) is 0 Å². The van der Waals surface area contributed by atoms with Crippen LogP contribution in [-0.2, 0) is 9.53 Å². The molecule has 0 rings (SSSR count). The summed E-state index contributed by atoms with van der Waals surface area (Å²) < 4.78 is 4.72. The third-order valence-electron chi connectivity index (χ3n) is 1.19. The molecule has 66 valence electrons. The lowest BCUT2D eigenvalue weighted by atomic mass is 10.3. The van der Waals surface area contributed by atoms with Gasteiger partial charge in [0.25, 0.3) is 0 Å². The predicted octanol–water partition coefficient (Wildman–Crippen LogP) is 1.08. The predicted molar refractivity (Wildman–Crippen MR) is 45.6 cm³/mol. The number of carbonyl (C=O) groups excluding carboxylic acids is 1. The van der Waals surface area contributed by atoms with Crippen LogP contribution in [0.25, 0.3) is 0 Å². The molecule has 0 saturated carbocycles. The zero-order chi connectivity index (χ0) is 8.85. The minimum Gasteiger partial charge on any atom is -0.463 e. The molecule has 0 fully saturated rings. The zero-order valence-electron chi connectivity index (χ0n) is 6.71. The summed E-state index contributed by atoms with van der Waals surface area (Å²) in [6, 6.07) is 0. The van der Waals surface area contributed by atoms with Crippen LogP contribution in [0.2, 0.25) is 0 Å². The SMILES string of the molecule is CCC(Br)COC(=O)C(C)O. The van der Waals surface area contributed by atoms with E-state index in [-0.39, 0.29) is 4.83 Å². The van der Waals surface area contributed by atoms with E-state index < -0.39 is 12.1 Å². The first kappa shape index (κ1) is 10.9. The summed E-state index contributed by atoms with van der Waals surface area (Å²) in [6.45, 7) is 3.69. The molecule has 0 aromatic heterocycles. The number of hydrogen-bond donors (Lipinski definition) is 1. The maximum atomic E-state index is 10.7. The Balaban J connectivity index is 3.46. The molecule has 0 radical (unpaired) electrons. The molecule has 0 aromatic rings. The number of rotatable bonds is 4. The summed E-state index contributed by atoms with van der Waals surface area (Å²) >= 11 is 3.30. The molecule has 0 amide bonds. The molecule has 0 spiro atoms. The number of aliphatic hydroxyl groups excluding tert-OH is 1. The molecule has 3 nitrogen and oxygen atoms in total.